The second-order valence-electron chi connectivity index (χ2n) is 4.79. The molecule has 2 atom stereocenters. The van der Waals surface area contributed by atoms with Crippen LogP contribution in [0.5, 0.6) is 0 Å². The Kier molecular flexibility index (Phi) is 2.34. The van der Waals surface area contributed by atoms with Gasteiger partial charge in [-0.1, -0.05) is 0 Å². The molecule has 13 heavy (non-hydrogen) atoms. The lowest BCUT2D eigenvalue weighted by Crippen LogP contribution is -2.54. The predicted octanol–water partition coefficient (Wildman–Crippen LogP) is 0.323. The number of nitrogens with two attached hydrogens (primary N) is 1. The standard InChI is InChI=1S/C10H20N2O/c1-12-8-2-3-9(12)7-10(11,6-8)4-5-13/h8-9,13H,2-7,11H2,1H3. The van der Waals surface area contributed by atoms with Crippen LogP contribution in [0, 0.1) is 0 Å². The molecule has 0 aromatic heterocycles. The van der Waals surface area contributed by atoms with Gasteiger partial charge in [0.1, 0.15) is 0 Å². The van der Waals surface area contributed by atoms with E-state index in [4.69, 9.17) is 10.8 Å². The first-order valence-corrected chi connectivity index (χ1v) is 5.26. The first-order chi connectivity index (χ1) is 6.14. The Morgan fingerprint density at radius 1 is 1.38 bits per heavy atom. The largest absolute Gasteiger partial charge is 0.396 e. The molecule has 2 fully saturated rings. The third kappa shape index (κ3) is 1.60. The monoisotopic (exact) mass is 184 g/mol. The Bertz CT molecular complexity index is 181. The fraction of sp³-hybridized carbons (Fsp3) is 1.00. The van der Waals surface area contributed by atoms with Gasteiger partial charge in [0, 0.05) is 24.2 Å². The normalized spacial score (nSPS) is 45.5. The molecule has 0 aliphatic carbocycles. The molecular weight excluding hydrogens is 164 g/mol. The lowest BCUT2D eigenvalue weighted by Gasteiger charge is -2.43. The van der Waals surface area contributed by atoms with Crippen molar-refractivity contribution in [3.63, 3.8) is 0 Å². The summed E-state index contributed by atoms with van der Waals surface area (Å²) in [6, 6.07) is 1.35. The molecule has 2 aliphatic heterocycles. The average molecular weight is 184 g/mol. The molecule has 2 rings (SSSR count). The van der Waals surface area contributed by atoms with Crippen LogP contribution in [0.1, 0.15) is 32.1 Å². The van der Waals surface area contributed by atoms with Gasteiger partial charge < -0.3 is 15.7 Å². The summed E-state index contributed by atoms with van der Waals surface area (Å²) < 4.78 is 0. The quantitative estimate of drug-likeness (QED) is 0.650. The Labute approximate surface area is 79.9 Å². The second-order valence-corrected chi connectivity index (χ2v) is 4.79. The van der Waals surface area contributed by atoms with Crippen LogP contribution in [-0.2, 0) is 0 Å². The first kappa shape index (κ1) is 9.44. The smallest absolute Gasteiger partial charge is 0.0448 e. The molecule has 0 amide bonds. The van der Waals surface area contributed by atoms with Crippen molar-refractivity contribution in [1.82, 2.24) is 4.90 Å². The minimum Gasteiger partial charge on any atom is -0.396 e. The molecule has 0 aromatic carbocycles. The molecule has 3 N–H and O–H groups in total. The highest BCUT2D eigenvalue weighted by molar-refractivity contribution is 5.03. The number of aliphatic hydroxyl groups is 1. The summed E-state index contributed by atoms with van der Waals surface area (Å²) in [5, 5.41) is 8.95. The number of hydrogen-bond acceptors (Lipinski definition) is 3. The summed E-state index contributed by atoms with van der Waals surface area (Å²) in [6.07, 6.45) is 5.51. The Balaban J connectivity index is 2.05. The summed E-state index contributed by atoms with van der Waals surface area (Å²) in [5.41, 5.74) is 6.19. The molecule has 3 heteroatoms. The van der Waals surface area contributed by atoms with E-state index in [2.05, 4.69) is 11.9 Å². The van der Waals surface area contributed by atoms with E-state index in [1.54, 1.807) is 0 Å². The number of hydrogen-bond donors (Lipinski definition) is 2. The van der Waals surface area contributed by atoms with Crippen molar-refractivity contribution in [1.29, 1.82) is 0 Å². The van der Waals surface area contributed by atoms with Crippen LogP contribution in [0.4, 0.5) is 0 Å². The topological polar surface area (TPSA) is 49.5 Å². The summed E-state index contributed by atoms with van der Waals surface area (Å²) in [6.45, 7) is 0.236. The van der Waals surface area contributed by atoms with Gasteiger partial charge in [-0.25, -0.2) is 0 Å². The van der Waals surface area contributed by atoms with Gasteiger partial charge in [-0.15, -0.1) is 0 Å². The zero-order valence-corrected chi connectivity index (χ0v) is 8.37. The van der Waals surface area contributed by atoms with Gasteiger partial charge >= 0.3 is 0 Å². The molecule has 2 aliphatic rings. The van der Waals surface area contributed by atoms with Crippen LogP contribution >= 0.6 is 0 Å². The van der Waals surface area contributed by atoms with Crippen molar-refractivity contribution < 1.29 is 5.11 Å². The molecule has 0 spiro atoms. The van der Waals surface area contributed by atoms with Crippen molar-refractivity contribution >= 4 is 0 Å². The average Bonchev–Trinajstić information content (AvgIpc) is 2.34. The lowest BCUT2D eigenvalue weighted by atomic mass is 9.81. The van der Waals surface area contributed by atoms with E-state index in [-0.39, 0.29) is 12.1 Å². The van der Waals surface area contributed by atoms with Crippen molar-refractivity contribution in [2.24, 2.45) is 5.73 Å². The van der Waals surface area contributed by atoms with Gasteiger partial charge in [-0.3, -0.25) is 0 Å². The molecule has 76 valence electrons. The van der Waals surface area contributed by atoms with Crippen LogP contribution in [0.2, 0.25) is 0 Å². The Hall–Kier alpha value is -0.120. The number of aliphatic hydroxyl groups excluding tert-OH is 1. The third-order valence-corrected chi connectivity index (χ3v) is 3.88. The maximum absolute atomic E-state index is 8.95. The van der Waals surface area contributed by atoms with E-state index in [0.29, 0.717) is 12.1 Å². The summed E-state index contributed by atoms with van der Waals surface area (Å²) >= 11 is 0. The van der Waals surface area contributed by atoms with E-state index in [1.165, 1.54) is 12.8 Å². The van der Waals surface area contributed by atoms with Crippen LogP contribution in [0.3, 0.4) is 0 Å². The molecule has 2 bridgehead atoms. The van der Waals surface area contributed by atoms with E-state index < -0.39 is 0 Å². The molecular formula is C10H20N2O. The SMILES string of the molecule is CN1C2CCC1CC(N)(CCO)C2. The minimum atomic E-state index is -0.0763. The van der Waals surface area contributed by atoms with E-state index >= 15 is 0 Å². The second kappa shape index (κ2) is 3.23. The highest BCUT2D eigenvalue weighted by Gasteiger charge is 2.44. The summed E-state index contributed by atoms with van der Waals surface area (Å²) in [4.78, 5) is 2.47. The Morgan fingerprint density at radius 2 is 1.92 bits per heavy atom. The van der Waals surface area contributed by atoms with Crippen LogP contribution in [0.15, 0.2) is 0 Å². The number of fused-ring (bicyclic) bond motifs is 2. The van der Waals surface area contributed by atoms with Gasteiger partial charge in [0.25, 0.3) is 0 Å². The molecule has 2 saturated heterocycles. The minimum absolute atomic E-state index is 0.0763. The highest BCUT2D eigenvalue weighted by Crippen LogP contribution is 2.39. The number of nitrogens with zero attached hydrogens (tertiary/aromatic N) is 1. The van der Waals surface area contributed by atoms with Crippen LogP contribution < -0.4 is 5.73 Å². The Morgan fingerprint density at radius 3 is 2.38 bits per heavy atom. The third-order valence-electron chi connectivity index (χ3n) is 3.88. The molecule has 0 aromatic rings. The molecule has 0 radical (unpaired) electrons. The zero-order valence-electron chi connectivity index (χ0n) is 8.37. The fourth-order valence-electron chi connectivity index (χ4n) is 3.03. The maximum Gasteiger partial charge on any atom is 0.0448 e. The lowest BCUT2D eigenvalue weighted by molar-refractivity contribution is 0.0950. The van der Waals surface area contributed by atoms with Crippen molar-refractivity contribution in [3.05, 3.63) is 0 Å². The first-order valence-electron chi connectivity index (χ1n) is 5.26. The molecule has 0 saturated carbocycles. The van der Waals surface area contributed by atoms with Gasteiger partial charge in [0.15, 0.2) is 0 Å². The molecule has 2 heterocycles. The number of rotatable bonds is 2. The predicted molar refractivity (Wildman–Crippen MR) is 52.4 cm³/mol. The van der Waals surface area contributed by atoms with Crippen molar-refractivity contribution in [2.45, 2.75) is 49.7 Å². The molecule has 2 unspecified atom stereocenters. The highest BCUT2D eigenvalue weighted by atomic mass is 16.3. The van der Waals surface area contributed by atoms with E-state index in [1.807, 2.05) is 0 Å². The zero-order chi connectivity index (χ0) is 9.47. The summed E-state index contributed by atoms with van der Waals surface area (Å²) in [7, 11) is 2.21. The fourth-order valence-corrected chi connectivity index (χ4v) is 3.03. The van der Waals surface area contributed by atoms with Crippen molar-refractivity contribution in [2.75, 3.05) is 13.7 Å². The number of piperidine rings is 1. The van der Waals surface area contributed by atoms with E-state index in [0.717, 1.165) is 19.3 Å². The van der Waals surface area contributed by atoms with Gasteiger partial charge in [0.05, 0.1) is 0 Å². The van der Waals surface area contributed by atoms with Gasteiger partial charge in [-0.2, -0.15) is 0 Å². The van der Waals surface area contributed by atoms with Crippen molar-refractivity contribution in [3.8, 4) is 0 Å². The van der Waals surface area contributed by atoms with Crippen LogP contribution in [0.25, 0.3) is 0 Å². The van der Waals surface area contributed by atoms with Gasteiger partial charge in [0.2, 0.25) is 0 Å². The summed E-state index contributed by atoms with van der Waals surface area (Å²) in [5.74, 6) is 0. The van der Waals surface area contributed by atoms with Crippen LogP contribution in [-0.4, -0.2) is 41.3 Å². The molecule has 3 nitrogen and oxygen atoms in total. The maximum atomic E-state index is 8.95. The van der Waals surface area contributed by atoms with E-state index in [9.17, 15) is 0 Å². The van der Waals surface area contributed by atoms with Gasteiger partial charge in [-0.05, 0) is 39.2 Å².